The summed E-state index contributed by atoms with van der Waals surface area (Å²) in [6.07, 6.45) is 16.2. The van der Waals surface area contributed by atoms with E-state index in [1.54, 1.807) is 0 Å². The first kappa shape index (κ1) is 33.4. The Hall–Kier alpha value is -1.73. The van der Waals surface area contributed by atoms with Crippen LogP contribution in [0.1, 0.15) is 86.0 Å². The lowest BCUT2D eigenvalue weighted by atomic mass is 9.93. The van der Waals surface area contributed by atoms with Gasteiger partial charge in [0.1, 0.15) is 6.61 Å². The van der Waals surface area contributed by atoms with E-state index in [-0.39, 0.29) is 18.5 Å². The fourth-order valence-corrected chi connectivity index (χ4v) is 3.02. The van der Waals surface area contributed by atoms with Gasteiger partial charge in [0.05, 0.1) is 25.2 Å². The Morgan fingerprint density at radius 2 is 1.03 bits per heavy atom. The van der Waals surface area contributed by atoms with Crippen LogP contribution in [0.4, 0.5) is 0 Å². The van der Waals surface area contributed by atoms with E-state index in [0.717, 1.165) is 38.5 Å². The van der Waals surface area contributed by atoms with E-state index in [9.17, 15) is 20.1 Å². The van der Waals surface area contributed by atoms with Crippen molar-refractivity contribution < 1.29 is 30.3 Å². The minimum atomic E-state index is -1.17. The van der Waals surface area contributed by atoms with Crippen LogP contribution in [0.15, 0.2) is 46.6 Å². The summed E-state index contributed by atoms with van der Waals surface area (Å²) >= 11 is 0. The molecule has 0 atom stereocenters. The molecule has 0 radical (unpaired) electrons. The van der Waals surface area contributed by atoms with Crippen molar-refractivity contribution in [2.45, 2.75) is 86.0 Å². The minimum absolute atomic E-state index is 0. The SMILES string of the molecule is CC(C)=CCCC(C)=CCCC(C)=CCCC(C)=CCCC(=O)OCC(CO)(CO)CO.O. The van der Waals surface area contributed by atoms with Crippen molar-refractivity contribution in [1.29, 1.82) is 0 Å². The van der Waals surface area contributed by atoms with E-state index in [4.69, 9.17) is 4.74 Å². The number of carbonyl (C=O) groups excluding carboxylic acids is 1. The molecule has 5 N–H and O–H groups in total. The highest BCUT2D eigenvalue weighted by Gasteiger charge is 2.29. The first-order valence-corrected chi connectivity index (χ1v) is 11.8. The summed E-state index contributed by atoms with van der Waals surface area (Å²) in [6.45, 7) is 9.24. The monoisotopic (exact) mass is 468 g/mol. The van der Waals surface area contributed by atoms with Crippen LogP contribution < -0.4 is 0 Å². The Morgan fingerprint density at radius 3 is 1.39 bits per heavy atom. The summed E-state index contributed by atoms with van der Waals surface area (Å²) in [6, 6.07) is 0. The van der Waals surface area contributed by atoms with Gasteiger partial charge in [-0.1, -0.05) is 46.6 Å². The molecule has 33 heavy (non-hydrogen) atoms. The van der Waals surface area contributed by atoms with Crippen molar-refractivity contribution in [1.82, 2.24) is 0 Å². The smallest absolute Gasteiger partial charge is 0.306 e. The molecule has 192 valence electrons. The molecule has 6 nitrogen and oxygen atoms in total. The molecular formula is C27H48O6. The molecule has 0 unspecified atom stereocenters. The Kier molecular flexibility index (Phi) is 20.0. The quantitative estimate of drug-likeness (QED) is 0.213. The minimum Gasteiger partial charge on any atom is -0.465 e. The number of aliphatic hydroxyl groups excluding tert-OH is 3. The second-order valence-electron chi connectivity index (χ2n) is 9.22. The molecule has 0 aromatic carbocycles. The molecule has 0 rings (SSSR count). The predicted molar refractivity (Wildman–Crippen MR) is 136 cm³/mol. The van der Waals surface area contributed by atoms with Gasteiger partial charge in [-0.25, -0.2) is 0 Å². The number of carbonyl (C=O) groups is 1. The second kappa shape index (κ2) is 19.7. The molecule has 0 fully saturated rings. The molecule has 0 spiro atoms. The first-order chi connectivity index (χ1) is 15.2. The highest BCUT2D eigenvalue weighted by molar-refractivity contribution is 5.69. The van der Waals surface area contributed by atoms with Gasteiger partial charge in [0.25, 0.3) is 0 Å². The number of allylic oxidation sites excluding steroid dienone is 8. The summed E-state index contributed by atoms with van der Waals surface area (Å²) in [4.78, 5) is 11.8. The zero-order valence-electron chi connectivity index (χ0n) is 21.5. The van der Waals surface area contributed by atoms with Crippen LogP contribution in [0.5, 0.6) is 0 Å². The average Bonchev–Trinajstić information content (AvgIpc) is 2.75. The van der Waals surface area contributed by atoms with Crippen molar-refractivity contribution in [3.05, 3.63) is 46.6 Å². The van der Waals surface area contributed by atoms with Crippen LogP contribution >= 0.6 is 0 Å². The summed E-state index contributed by atoms with van der Waals surface area (Å²) in [5.74, 6) is -0.395. The van der Waals surface area contributed by atoms with E-state index in [1.807, 2.05) is 0 Å². The van der Waals surface area contributed by atoms with Gasteiger partial charge in [-0.15, -0.1) is 0 Å². The Bertz CT molecular complexity index is 641. The number of ether oxygens (including phenoxy) is 1. The third kappa shape index (κ3) is 17.4. The fourth-order valence-electron chi connectivity index (χ4n) is 3.02. The maximum Gasteiger partial charge on any atom is 0.306 e. The van der Waals surface area contributed by atoms with E-state index in [1.165, 1.54) is 22.3 Å². The first-order valence-electron chi connectivity index (χ1n) is 11.8. The third-order valence-corrected chi connectivity index (χ3v) is 5.54. The lowest BCUT2D eigenvalue weighted by molar-refractivity contribution is -0.151. The van der Waals surface area contributed by atoms with Crippen molar-refractivity contribution in [2.75, 3.05) is 26.4 Å². The molecule has 0 aliphatic rings. The second-order valence-corrected chi connectivity index (χ2v) is 9.22. The number of aliphatic hydroxyl groups is 3. The molecule has 0 heterocycles. The van der Waals surface area contributed by atoms with Gasteiger partial charge in [0, 0.05) is 6.42 Å². The molecule has 6 heteroatoms. The normalized spacial score (nSPS) is 12.9. The van der Waals surface area contributed by atoms with E-state index < -0.39 is 31.2 Å². The zero-order valence-corrected chi connectivity index (χ0v) is 21.5. The van der Waals surface area contributed by atoms with Crippen LogP contribution in [-0.2, 0) is 9.53 Å². The Morgan fingerprint density at radius 1 is 0.667 bits per heavy atom. The summed E-state index contributed by atoms with van der Waals surface area (Å²) < 4.78 is 5.10. The van der Waals surface area contributed by atoms with Crippen LogP contribution in [-0.4, -0.2) is 53.2 Å². The molecule has 0 saturated carbocycles. The highest BCUT2D eigenvalue weighted by Crippen LogP contribution is 2.16. The van der Waals surface area contributed by atoms with E-state index in [0.29, 0.717) is 6.42 Å². The van der Waals surface area contributed by atoms with Crippen LogP contribution in [0.2, 0.25) is 0 Å². The molecule has 0 saturated heterocycles. The number of rotatable bonds is 17. The van der Waals surface area contributed by atoms with Crippen molar-refractivity contribution in [2.24, 2.45) is 5.41 Å². The van der Waals surface area contributed by atoms with Gasteiger partial charge >= 0.3 is 5.97 Å². The fraction of sp³-hybridized carbons (Fsp3) is 0.667. The van der Waals surface area contributed by atoms with Gasteiger partial charge < -0.3 is 25.5 Å². The lowest BCUT2D eigenvalue weighted by Gasteiger charge is -2.26. The van der Waals surface area contributed by atoms with Crippen LogP contribution in [0, 0.1) is 5.41 Å². The zero-order chi connectivity index (χ0) is 24.4. The maximum absolute atomic E-state index is 11.8. The molecule has 0 aromatic rings. The van der Waals surface area contributed by atoms with Gasteiger partial charge in [0.2, 0.25) is 0 Å². The van der Waals surface area contributed by atoms with Crippen molar-refractivity contribution >= 4 is 5.97 Å². The molecule has 0 aromatic heterocycles. The van der Waals surface area contributed by atoms with Gasteiger partial charge in [0.15, 0.2) is 0 Å². The van der Waals surface area contributed by atoms with Crippen LogP contribution in [0.3, 0.4) is 0 Å². The van der Waals surface area contributed by atoms with Crippen molar-refractivity contribution in [3.8, 4) is 0 Å². The molecule has 0 amide bonds. The van der Waals surface area contributed by atoms with E-state index >= 15 is 0 Å². The number of hydrogen-bond donors (Lipinski definition) is 3. The summed E-state index contributed by atoms with van der Waals surface area (Å²) in [5, 5.41) is 27.7. The van der Waals surface area contributed by atoms with Gasteiger partial charge in [-0.05, 0) is 79.6 Å². The topological polar surface area (TPSA) is 118 Å². The average molecular weight is 469 g/mol. The Balaban J connectivity index is 0. The summed E-state index contributed by atoms with van der Waals surface area (Å²) in [5.41, 5.74) is 4.32. The molecular weight excluding hydrogens is 420 g/mol. The maximum atomic E-state index is 11.8. The summed E-state index contributed by atoms with van der Waals surface area (Å²) in [7, 11) is 0. The Labute approximate surface area is 201 Å². The van der Waals surface area contributed by atoms with Gasteiger partial charge in [-0.2, -0.15) is 0 Å². The van der Waals surface area contributed by atoms with E-state index in [2.05, 4.69) is 58.9 Å². The highest BCUT2D eigenvalue weighted by atomic mass is 16.5. The largest absolute Gasteiger partial charge is 0.465 e. The lowest BCUT2D eigenvalue weighted by Crippen LogP contribution is -2.39. The third-order valence-electron chi connectivity index (χ3n) is 5.54. The number of esters is 1. The standard InChI is InChI=1S/C27H46O5.H2O/c1-22(2)10-6-11-23(3)12-7-13-24(4)14-8-15-25(5)16-9-17-26(31)32-21-27(18-28,19-29)20-30;/h10,12,14,16,28-30H,6-9,11,13,15,17-21H2,1-5H3;1H2. The predicted octanol–water partition coefficient (Wildman–Crippen LogP) is 4.59. The van der Waals surface area contributed by atoms with Crippen LogP contribution in [0.25, 0.3) is 0 Å². The number of hydrogen-bond acceptors (Lipinski definition) is 5. The van der Waals surface area contributed by atoms with Crippen molar-refractivity contribution in [3.63, 3.8) is 0 Å². The van der Waals surface area contributed by atoms with Gasteiger partial charge in [-0.3, -0.25) is 4.79 Å². The molecule has 0 aliphatic carbocycles. The molecule has 0 bridgehead atoms. The molecule has 0 aliphatic heterocycles.